The van der Waals surface area contributed by atoms with Gasteiger partial charge in [-0.25, -0.2) is 12.8 Å². The average molecular weight is 465 g/mol. The van der Waals surface area contributed by atoms with E-state index >= 15 is 0 Å². The lowest BCUT2D eigenvalue weighted by Gasteiger charge is -2.25. The lowest BCUT2D eigenvalue weighted by atomic mass is 9.99. The smallest absolute Gasteiger partial charge is 0.264 e. The number of nitrogens with zero attached hydrogens (tertiary/aromatic N) is 1. The third-order valence-electron chi connectivity index (χ3n) is 5.26. The summed E-state index contributed by atoms with van der Waals surface area (Å²) in [7, 11) is -4.08. The molecule has 0 aliphatic rings. The van der Waals surface area contributed by atoms with E-state index in [1.54, 1.807) is 24.3 Å². The van der Waals surface area contributed by atoms with Gasteiger partial charge in [0.05, 0.1) is 17.2 Å². The van der Waals surface area contributed by atoms with Gasteiger partial charge in [0.15, 0.2) is 0 Å². The van der Waals surface area contributed by atoms with Crippen LogP contribution >= 0.6 is 0 Å². The van der Waals surface area contributed by atoms with Crippen molar-refractivity contribution in [3.8, 4) is 5.75 Å². The van der Waals surface area contributed by atoms with Crippen LogP contribution in [0.4, 0.5) is 10.1 Å². The molecule has 32 heavy (non-hydrogen) atoms. The number of carbonyl (C=O) groups is 1. The predicted molar refractivity (Wildman–Crippen MR) is 125 cm³/mol. The van der Waals surface area contributed by atoms with Gasteiger partial charge in [0.25, 0.3) is 10.0 Å². The third kappa shape index (κ3) is 7.22. The van der Waals surface area contributed by atoms with Gasteiger partial charge in [0, 0.05) is 6.54 Å². The molecule has 0 saturated heterocycles. The van der Waals surface area contributed by atoms with Crippen molar-refractivity contribution >= 4 is 21.6 Å². The maximum Gasteiger partial charge on any atom is 0.264 e. The molecule has 2 aromatic carbocycles. The molecule has 2 aromatic rings. The molecule has 8 heteroatoms. The number of halogens is 1. The maximum absolute atomic E-state index is 13.3. The van der Waals surface area contributed by atoms with Crippen molar-refractivity contribution in [1.29, 1.82) is 0 Å². The molecule has 0 spiro atoms. The van der Waals surface area contributed by atoms with E-state index < -0.39 is 15.8 Å². The summed E-state index contributed by atoms with van der Waals surface area (Å²) in [5.41, 5.74) is 0.325. The zero-order valence-electron chi connectivity index (χ0n) is 19.0. The quantitative estimate of drug-likeness (QED) is 0.464. The van der Waals surface area contributed by atoms with E-state index in [4.69, 9.17) is 4.74 Å². The summed E-state index contributed by atoms with van der Waals surface area (Å²) in [5.74, 6) is 0.0274. The molecule has 6 nitrogen and oxygen atoms in total. The summed E-state index contributed by atoms with van der Waals surface area (Å²) >= 11 is 0. The van der Waals surface area contributed by atoms with E-state index in [1.807, 2.05) is 6.92 Å². The molecular formula is C24H33FN2O4S. The number of benzene rings is 2. The van der Waals surface area contributed by atoms with Crippen LogP contribution in [0.5, 0.6) is 5.75 Å². The van der Waals surface area contributed by atoms with Gasteiger partial charge in [0.2, 0.25) is 5.91 Å². The normalized spacial score (nSPS) is 12.2. The molecule has 0 saturated carbocycles. The van der Waals surface area contributed by atoms with Gasteiger partial charge in [-0.2, -0.15) is 0 Å². The Kier molecular flexibility index (Phi) is 9.97. The predicted octanol–water partition coefficient (Wildman–Crippen LogP) is 4.75. The Labute approximate surface area is 190 Å². The van der Waals surface area contributed by atoms with Gasteiger partial charge in [0.1, 0.15) is 18.1 Å². The highest BCUT2D eigenvalue weighted by Crippen LogP contribution is 2.26. The zero-order valence-corrected chi connectivity index (χ0v) is 19.8. The fraction of sp³-hybridized carbons (Fsp3) is 0.458. The van der Waals surface area contributed by atoms with Crippen LogP contribution in [0.15, 0.2) is 53.4 Å². The molecule has 0 aromatic heterocycles. The molecular weight excluding hydrogens is 431 g/mol. The van der Waals surface area contributed by atoms with Crippen LogP contribution in [0.2, 0.25) is 0 Å². The Hall–Kier alpha value is -2.61. The summed E-state index contributed by atoms with van der Waals surface area (Å²) < 4.78 is 46.4. The second-order valence-corrected chi connectivity index (χ2v) is 9.48. The first-order chi connectivity index (χ1) is 15.3. The number of carbonyl (C=O) groups excluding carboxylic acids is 1. The highest BCUT2D eigenvalue weighted by atomic mass is 32.2. The maximum atomic E-state index is 13.3. The largest absolute Gasteiger partial charge is 0.494 e. The van der Waals surface area contributed by atoms with Crippen LogP contribution in [0, 0.1) is 11.7 Å². The minimum atomic E-state index is -4.08. The number of unbranched alkanes of at least 4 members (excludes halogenated alkanes) is 1. The first-order valence-electron chi connectivity index (χ1n) is 11.1. The van der Waals surface area contributed by atoms with Crippen LogP contribution in [0.25, 0.3) is 0 Å². The molecule has 1 N–H and O–H groups in total. The SMILES string of the molecule is CCCCC(CC)CNC(=O)CN(c1ccc(OCC)cc1)S(=O)(=O)c1ccc(F)cc1. The van der Waals surface area contributed by atoms with Crippen LogP contribution in [-0.2, 0) is 14.8 Å². The van der Waals surface area contributed by atoms with E-state index in [-0.39, 0.29) is 17.3 Å². The van der Waals surface area contributed by atoms with Crippen LogP contribution in [0.1, 0.15) is 46.5 Å². The van der Waals surface area contributed by atoms with Crippen molar-refractivity contribution < 1.29 is 22.3 Å². The molecule has 2 rings (SSSR count). The van der Waals surface area contributed by atoms with Gasteiger partial charge in [-0.3, -0.25) is 9.10 Å². The van der Waals surface area contributed by atoms with Gasteiger partial charge in [-0.15, -0.1) is 0 Å². The number of amides is 1. The number of hydrogen-bond donors (Lipinski definition) is 1. The van der Waals surface area contributed by atoms with E-state index in [2.05, 4.69) is 19.2 Å². The number of anilines is 1. The number of rotatable bonds is 13. The van der Waals surface area contributed by atoms with Crippen molar-refractivity contribution in [2.45, 2.75) is 51.3 Å². The average Bonchev–Trinajstić information content (AvgIpc) is 2.78. The first kappa shape index (κ1) is 25.6. The lowest BCUT2D eigenvalue weighted by molar-refractivity contribution is -0.119. The zero-order chi connectivity index (χ0) is 23.6. The summed E-state index contributed by atoms with van der Waals surface area (Å²) in [6.07, 6.45) is 4.14. The highest BCUT2D eigenvalue weighted by molar-refractivity contribution is 7.92. The molecule has 176 valence electrons. The Morgan fingerprint density at radius 1 is 1.06 bits per heavy atom. The number of sulfonamides is 1. The molecule has 1 unspecified atom stereocenters. The molecule has 1 atom stereocenters. The molecule has 0 aliphatic carbocycles. The van der Waals surface area contributed by atoms with E-state index in [0.717, 1.165) is 42.1 Å². The van der Waals surface area contributed by atoms with Crippen molar-refractivity contribution in [1.82, 2.24) is 5.32 Å². The topological polar surface area (TPSA) is 75.7 Å². The molecule has 0 bridgehead atoms. The second kappa shape index (κ2) is 12.4. The van der Waals surface area contributed by atoms with Crippen LogP contribution in [0.3, 0.4) is 0 Å². The minimum absolute atomic E-state index is 0.0880. The fourth-order valence-electron chi connectivity index (χ4n) is 3.31. The summed E-state index contributed by atoms with van der Waals surface area (Å²) in [4.78, 5) is 12.6. The molecule has 1 amide bonds. The van der Waals surface area contributed by atoms with E-state index in [1.165, 1.54) is 12.1 Å². The van der Waals surface area contributed by atoms with Crippen LogP contribution < -0.4 is 14.4 Å². The van der Waals surface area contributed by atoms with Crippen molar-refractivity contribution in [3.05, 3.63) is 54.3 Å². The van der Waals surface area contributed by atoms with Gasteiger partial charge in [-0.05, 0) is 67.8 Å². The van der Waals surface area contributed by atoms with Gasteiger partial charge >= 0.3 is 0 Å². The lowest BCUT2D eigenvalue weighted by Crippen LogP contribution is -2.42. The van der Waals surface area contributed by atoms with Gasteiger partial charge < -0.3 is 10.1 Å². The van der Waals surface area contributed by atoms with E-state index in [0.29, 0.717) is 30.5 Å². The molecule has 0 fully saturated rings. The Morgan fingerprint density at radius 2 is 1.72 bits per heavy atom. The minimum Gasteiger partial charge on any atom is -0.494 e. The standard InChI is InChI=1S/C24H33FN2O4S/c1-4-7-8-19(5-2)17-26-24(28)18-27(21-11-13-22(14-12-21)31-6-3)32(29,30)23-15-9-20(25)10-16-23/h9-16,19H,4-8,17-18H2,1-3H3,(H,26,28). The summed E-state index contributed by atoms with van der Waals surface area (Å²) in [6.45, 7) is 6.67. The van der Waals surface area contributed by atoms with Crippen molar-refractivity contribution in [2.75, 3.05) is 24.0 Å². The molecule has 0 heterocycles. The Morgan fingerprint density at radius 3 is 2.28 bits per heavy atom. The summed E-state index contributed by atoms with van der Waals surface area (Å²) in [5, 5.41) is 2.88. The number of hydrogen-bond acceptors (Lipinski definition) is 4. The molecule has 0 radical (unpaired) electrons. The number of nitrogens with one attached hydrogen (secondary N) is 1. The molecule has 0 aliphatic heterocycles. The van der Waals surface area contributed by atoms with E-state index in [9.17, 15) is 17.6 Å². The summed E-state index contributed by atoms with van der Waals surface area (Å²) in [6, 6.07) is 11.1. The highest BCUT2D eigenvalue weighted by Gasteiger charge is 2.27. The van der Waals surface area contributed by atoms with Crippen molar-refractivity contribution in [2.24, 2.45) is 5.92 Å². The second-order valence-electron chi connectivity index (χ2n) is 7.61. The van der Waals surface area contributed by atoms with Crippen molar-refractivity contribution in [3.63, 3.8) is 0 Å². The third-order valence-corrected chi connectivity index (χ3v) is 7.04. The monoisotopic (exact) mass is 464 g/mol. The van der Waals surface area contributed by atoms with Crippen LogP contribution in [-0.4, -0.2) is 34.0 Å². The fourth-order valence-corrected chi connectivity index (χ4v) is 4.73. The Bertz CT molecular complexity index is 947. The Balaban J connectivity index is 2.25. The first-order valence-corrected chi connectivity index (χ1v) is 12.5. The van der Waals surface area contributed by atoms with Gasteiger partial charge in [-0.1, -0.05) is 33.1 Å². The number of ether oxygens (including phenoxy) is 1.